The van der Waals surface area contributed by atoms with Gasteiger partial charge in [-0.1, -0.05) is 40.0 Å². The van der Waals surface area contributed by atoms with Crippen LogP contribution in [-0.4, -0.2) is 19.1 Å². The summed E-state index contributed by atoms with van der Waals surface area (Å²) in [6.07, 6.45) is 3.33. The summed E-state index contributed by atoms with van der Waals surface area (Å²) in [6, 6.07) is 0. The minimum atomic E-state index is -4.31. The third-order valence-corrected chi connectivity index (χ3v) is 2.57. The molecule has 0 saturated heterocycles. The molecular weight excluding hydrogens is 204 g/mol. The molecule has 0 saturated carbocycles. The quantitative estimate of drug-likeness (QED) is 0.533. The minimum absolute atomic E-state index is 0.0915. The maximum absolute atomic E-state index is 10.5. The number of rotatable bonds is 7. The molecule has 4 nitrogen and oxygen atoms in total. The predicted octanol–water partition coefficient (Wildman–Crippen LogP) is 2.41. The number of hydrogen-bond donors (Lipinski definition) is 1. The van der Waals surface area contributed by atoms with Crippen molar-refractivity contribution in [2.45, 2.75) is 52.6 Å². The van der Waals surface area contributed by atoms with Crippen LogP contribution >= 0.6 is 0 Å². The molecule has 0 bridgehead atoms. The van der Waals surface area contributed by atoms with Crippen molar-refractivity contribution in [2.24, 2.45) is 5.92 Å². The SMILES string of the molecule is CCCCC[C@@H](OS(=O)(=O)O)C(C)C. The molecule has 1 N–H and O–H groups in total. The van der Waals surface area contributed by atoms with Gasteiger partial charge in [-0.2, -0.15) is 8.42 Å². The van der Waals surface area contributed by atoms with Gasteiger partial charge in [-0.05, 0) is 12.3 Å². The van der Waals surface area contributed by atoms with Crippen LogP contribution in [-0.2, 0) is 14.6 Å². The van der Waals surface area contributed by atoms with Crippen molar-refractivity contribution in [1.29, 1.82) is 0 Å². The molecular formula is C9H20O4S. The molecule has 0 aliphatic rings. The summed E-state index contributed by atoms with van der Waals surface area (Å²) in [6.45, 7) is 5.83. The standard InChI is InChI=1S/C9H20O4S/c1-4-5-6-7-9(8(2)3)13-14(10,11)12/h8-9H,4-7H2,1-3H3,(H,10,11,12)/t9-/m1/s1. The summed E-state index contributed by atoms with van der Waals surface area (Å²) in [5, 5.41) is 0. The lowest BCUT2D eigenvalue weighted by Gasteiger charge is -2.18. The van der Waals surface area contributed by atoms with Crippen LogP contribution in [0.2, 0.25) is 0 Å². The molecule has 0 aliphatic heterocycles. The highest BCUT2D eigenvalue weighted by Crippen LogP contribution is 2.16. The molecule has 0 heterocycles. The second-order valence-corrected chi connectivity index (χ2v) is 4.85. The molecule has 0 aromatic rings. The Kier molecular flexibility index (Phi) is 6.31. The Balaban J connectivity index is 4.04. The van der Waals surface area contributed by atoms with E-state index in [-0.39, 0.29) is 5.92 Å². The van der Waals surface area contributed by atoms with Gasteiger partial charge in [-0.25, -0.2) is 4.18 Å². The van der Waals surface area contributed by atoms with E-state index < -0.39 is 16.5 Å². The van der Waals surface area contributed by atoms with Gasteiger partial charge in [0.2, 0.25) is 0 Å². The molecule has 0 amide bonds. The molecule has 0 rings (SSSR count). The van der Waals surface area contributed by atoms with Gasteiger partial charge in [0.15, 0.2) is 0 Å². The summed E-state index contributed by atoms with van der Waals surface area (Å²) in [4.78, 5) is 0. The van der Waals surface area contributed by atoms with Crippen molar-refractivity contribution >= 4 is 10.4 Å². The molecule has 0 aromatic carbocycles. The van der Waals surface area contributed by atoms with Crippen molar-refractivity contribution in [3.63, 3.8) is 0 Å². The molecule has 0 aromatic heterocycles. The van der Waals surface area contributed by atoms with E-state index in [0.717, 1.165) is 19.3 Å². The molecule has 0 radical (unpaired) electrons. The Morgan fingerprint density at radius 2 is 1.86 bits per heavy atom. The maximum Gasteiger partial charge on any atom is 0.397 e. The first-order chi connectivity index (χ1) is 6.37. The van der Waals surface area contributed by atoms with E-state index in [1.165, 1.54) is 0 Å². The monoisotopic (exact) mass is 224 g/mol. The molecule has 5 heteroatoms. The van der Waals surface area contributed by atoms with Crippen molar-refractivity contribution in [2.75, 3.05) is 0 Å². The highest BCUT2D eigenvalue weighted by molar-refractivity contribution is 7.80. The zero-order valence-electron chi connectivity index (χ0n) is 9.06. The van der Waals surface area contributed by atoms with Crippen LogP contribution in [0.15, 0.2) is 0 Å². The van der Waals surface area contributed by atoms with E-state index in [4.69, 9.17) is 4.55 Å². The van der Waals surface area contributed by atoms with Crippen LogP contribution in [0.25, 0.3) is 0 Å². The first-order valence-corrected chi connectivity index (χ1v) is 6.39. The Bertz CT molecular complexity index is 233. The Labute approximate surface area is 86.6 Å². The average molecular weight is 224 g/mol. The van der Waals surface area contributed by atoms with Gasteiger partial charge in [0.25, 0.3) is 0 Å². The zero-order chi connectivity index (χ0) is 11.2. The molecule has 0 fully saturated rings. The molecule has 0 unspecified atom stereocenters. The first kappa shape index (κ1) is 13.9. The van der Waals surface area contributed by atoms with Crippen molar-refractivity contribution in [3.8, 4) is 0 Å². The second-order valence-electron chi connectivity index (χ2n) is 3.80. The van der Waals surface area contributed by atoms with Crippen LogP contribution in [0.3, 0.4) is 0 Å². The van der Waals surface area contributed by atoms with Gasteiger partial charge in [0.1, 0.15) is 0 Å². The average Bonchev–Trinajstić information content (AvgIpc) is 2.00. The van der Waals surface area contributed by atoms with Crippen LogP contribution in [0.4, 0.5) is 0 Å². The highest BCUT2D eigenvalue weighted by Gasteiger charge is 2.19. The molecule has 14 heavy (non-hydrogen) atoms. The maximum atomic E-state index is 10.5. The van der Waals surface area contributed by atoms with E-state index in [1.807, 2.05) is 13.8 Å². The Morgan fingerprint density at radius 1 is 1.29 bits per heavy atom. The van der Waals surface area contributed by atoms with Crippen LogP contribution in [0.1, 0.15) is 46.5 Å². The van der Waals surface area contributed by atoms with Gasteiger partial charge in [-0.15, -0.1) is 0 Å². The lowest BCUT2D eigenvalue weighted by atomic mass is 10.0. The number of hydrogen-bond acceptors (Lipinski definition) is 3. The fourth-order valence-corrected chi connectivity index (χ4v) is 1.88. The zero-order valence-corrected chi connectivity index (χ0v) is 9.88. The highest BCUT2D eigenvalue weighted by atomic mass is 32.3. The van der Waals surface area contributed by atoms with Gasteiger partial charge in [0.05, 0.1) is 6.10 Å². The van der Waals surface area contributed by atoms with Crippen LogP contribution in [0.5, 0.6) is 0 Å². The molecule has 0 spiro atoms. The van der Waals surface area contributed by atoms with E-state index in [0.29, 0.717) is 6.42 Å². The van der Waals surface area contributed by atoms with Gasteiger partial charge in [0, 0.05) is 0 Å². The largest absolute Gasteiger partial charge is 0.397 e. The second kappa shape index (κ2) is 6.37. The fourth-order valence-electron chi connectivity index (χ4n) is 1.24. The fraction of sp³-hybridized carbons (Fsp3) is 1.00. The van der Waals surface area contributed by atoms with E-state index >= 15 is 0 Å². The van der Waals surface area contributed by atoms with E-state index in [9.17, 15) is 8.42 Å². The lowest BCUT2D eigenvalue weighted by molar-refractivity contribution is 0.127. The summed E-state index contributed by atoms with van der Waals surface area (Å²) >= 11 is 0. The van der Waals surface area contributed by atoms with Crippen molar-refractivity contribution in [1.82, 2.24) is 0 Å². The molecule has 86 valence electrons. The Hall–Kier alpha value is -0.130. The summed E-state index contributed by atoms with van der Waals surface area (Å²) in [7, 11) is -4.31. The summed E-state index contributed by atoms with van der Waals surface area (Å²) in [5.74, 6) is 0.0915. The van der Waals surface area contributed by atoms with Gasteiger partial charge >= 0.3 is 10.4 Å². The first-order valence-electron chi connectivity index (χ1n) is 5.02. The third kappa shape index (κ3) is 7.29. The predicted molar refractivity (Wildman–Crippen MR) is 55.4 cm³/mol. The summed E-state index contributed by atoms with van der Waals surface area (Å²) in [5.41, 5.74) is 0. The summed E-state index contributed by atoms with van der Waals surface area (Å²) < 4.78 is 34.1. The van der Waals surface area contributed by atoms with E-state index in [2.05, 4.69) is 11.1 Å². The smallest absolute Gasteiger partial charge is 0.264 e. The van der Waals surface area contributed by atoms with Crippen molar-refractivity contribution in [3.05, 3.63) is 0 Å². The van der Waals surface area contributed by atoms with Crippen LogP contribution in [0, 0.1) is 5.92 Å². The van der Waals surface area contributed by atoms with Crippen LogP contribution < -0.4 is 0 Å². The minimum Gasteiger partial charge on any atom is -0.264 e. The third-order valence-electron chi connectivity index (χ3n) is 2.08. The van der Waals surface area contributed by atoms with E-state index in [1.54, 1.807) is 0 Å². The Morgan fingerprint density at radius 3 is 2.21 bits per heavy atom. The topological polar surface area (TPSA) is 63.6 Å². The lowest BCUT2D eigenvalue weighted by Crippen LogP contribution is -2.23. The normalized spacial score (nSPS) is 14.6. The molecule has 0 aliphatic carbocycles. The molecule has 1 atom stereocenters. The van der Waals surface area contributed by atoms with Crippen molar-refractivity contribution < 1.29 is 17.2 Å². The number of unbranched alkanes of at least 4 members (excludes halogenated alkanes) is 2. The van der Waals surface area contributed by atoms with Gasteiger partial charge in [-0.3, -0.25) is 4.55 Å². The van der Waals surface area contributed by atoms with Gasteiger partial charge < -0.3 is 0 Å².